The Bertz CT molecular complexity index is 438. The molecule has 0 aromatic rings. The van der Waals surface area contributed by atoms with Crippen molar-refractivity contribution in [1.29, 1.82) is 0 Å². The third-order valence-corrected chi connectivity index (χ3v) is 54.5. The average Bonchev–Trinajstić information content (AvgIpc) is 2.00. The van der Waals surface area contributed by atoms with Crippen molar-refractivity contribution < 1.29 is 26.1 Å². The normalized spacial score (nSPS) is 19.3. The quantitative estimate of drug-likeness (QED) is 0.781. The molecule has 0 amide bonds. The number of hydrogen-bond donors (Lipinski definition) is 2. The van der Waals surface area contributed by atoms with Gasteiger partial charge in [-0.3, -0.25) is 0 Å². The van der Waals surface area contributed by atoms with E-state index in [0.29, 0.717) is 0 Å². The molecule has 0 spiro atoms. The molecule has 17 heavy (non-hydrogen) atoms. The molecule has 0 fully saturated rings. The van der Waals surface area contributed by atoms with E-state index < -0.39 is 23.4 Å². The summed E-state index contributed by atoms with van der Waals surface area (Å²) < 4.78 is 47.2. The molecule has 0 aliphatic heterocycles. The van der Waals surface area contributed by atoms with E-state index in [-0.39, 0.29) is 11.1 Å². The summed E-state index contributed by atoms with van der Waals surface area (Å²) in [6.07, 6.45) is 0. The van der Waals surface area contributed by atoms with Gasteiger partial charge in [0.15, 0.2) is 0 Å². The molecule has 2 N–H and O–H groups in total. The predicted molar refractivity (Wildman–Crippen MR) is 71.0 cm³/mol. The first kappa shape index (κ1) is 17.5. The van der Waals surface area contributed by atoms with Gasteiger partial charge >= 0.3 is 104 Å². The van der Waals surface area contributed by atoms with E-state index in [1.807, 2.05) is 0 Å². The van der Waals surface area contributed by atoms with Gasteiger partial charge in [-0.15, -0.1) is 0 Å². The molecule has 0 aromatic heterocycles. The van der Waals surface area contributed by atoms with E-state index in [1.54, 1.807) is 53.9 Å². The molecule has 7 heteroatoms. The van der Waals surface area contributed by atoms with E-state index >= 15 is 0 Å². The molecule has 0 saturated carbocycles. The predicted octanol–water partition coefficient (Wildman–Crippen LogP) is 2.95. The Morgan fingerprint density at radius 2 is 0.941 bits per heavy atom. The standard InChI is InChI=1S/2C5H13Si.Cr.2H2O.2O/c2*1-5(2)6(3)4;;;;;/h2*5H,1-4H3;;2*1H2;;/q;;+2;;;;/p-2. The van der Waals surface area contributed by atoms with Gasteiger partial charge in [0.05, 0.1) is 0 Å². The van der Waals surface area contributed by atoms with Crippen molar-refractivity contribution in [2.45, 2.75) is 65.0 Å². The summed E-state index contributed by atoms with van der Waals surface area (Å²) in [5.41, 5.74) is -0.457. The van der Waals surface area contributed by atoms with Crippen LogP contribution in [0.25, 0.3) is 0 Å². The van der Waals surface area contributed by atoms with Crippen LogP contribution in [0, 0.1) is 0 Å². The maximum atomic E-state index is 13.0. The van der Waals surface area contributed by atoms with Crippen molar-refractivity contribution in [3.63, 3.8) is 0 Å². The summed E-state index contributed by atoms with van der Waals surface area (Å²) in [4.78, 5) is 0. The van der Waals surface area contributed by atoms with Crippen molar-refractivity contribution in [3.8, 4) is 0 Å². The Labute approximate surface area is 104 Å². The van der Waals surface area contributed by atoms with Crippen LogP contribution in [-0.2, 0) is 17.8 Å². The van der Waals surface area contributed by atoms with Crippen LogP contribution in [0.3, 0.4) is 0 Å². The second kappa shape index (κ2) is 3.53. The summed E-state index contributed by atoms with van der Waals surface area (Å²) in [7, 11) is -7.11. The summed E-state index contributed by atoms with van der Waals surface area (Å²) in [6.45, 7) is 6.83. The first-order chi connectivity index (χ1) is 6.93. The van der Waals surface area contributed by atoms with Crippen molar-refractivity contribution in [2.75, 3.05) is 0 Å². The molecule has 0 aliphatic rings. The zero-order valence-corrected chi connectivity index (χ0v) is 15.5. The number of rotatable bonds is 4. The third-order valence-electron chi connectivity index (χ3n) is 5.11. The summed E-state index contributed by atoms with van der Waals surface area (Å²) in [6, 6.07) is 0. The topological polar surface area (TPSA) is 74.6 Å². The summed E-state index contributed by atoms with van der Waals surface area (Å²) >= 11 is 0. The van der Waals surface area contributed by atoms with Gasteiger partial charge in [-0.05, 0) is 0 Å². The van der Waals surface area contributed by atoms with E-state index in [9.17, 15) is 15.9 Å². The van der Waals surface area contributed by atoms with Gasteiger partial charge in [0.1, 0.15) is 0 Å². The average molecular weight is 320 g/mol. The minimum atomic E-state index is -7.11. The van der Waals surface area contributed by atoms with Crippen LogP contribution in [0.1, 0.15) is 27.7 Å². The number of hydrogen-bond acceptors (Lipinski definition) is 2. The zero-order chi connectivity index (χ0) is 14.6. The first-order valence-corrected chi connectivity index (χ1v) is 18.0. The van der Waals surface area contributed by atoms with Crippen LogP contribution in [0.4, 0.5) is 0 Å². The van der Waals surface area contributed by atoms with Crippen LogP contribution < -0.4 is 0 Å². The Balaban J connectivity index is 6.52. The van der Waals surface area contributed by atoms with Crippen LogP contribution in [0.5, 0.6) is 0 Å². The molecule has 0 rings (SSSR count). The molecule has 0 aliphatic carbocycles. The van der Waals surface area contributed by atoms with Gasteiger partial charge in [0.2, 0.25) is 0 Å². The van der Waals surface area contributed by atoms with Crippen LogP contribution in [-0.4, -0.2) is 21.6 Å². The molecular weight excluding hydrogens is 292 g/mol. The summed E-state index contributed by atoms with van der Waals surface area (Å²) in [5.74, 6) is 0. The molecule has 0 heterocycles. The van der Waals surface area contributed by atoms with Gasteiger partial charge in [0.25, 0.3) is 0 Å². The molecule has 0 atom stereocenters. The van der Waals surface area contributed by atoms with E-state index in [2.05, 4.69) is 0 Å². The summed E-state index contributed by atoms with van der Waals surface area (Å²) in [5, 5.41) is 0. The van der Waals surface area contributed by atoms with Crippen molar-refractivity contribution in [1.82, 2.24) is 0 Å². The molecule has 0 radical (unpaired) electrons. The molecule has 0 aromatic carbocycles. The van der Waals surface area contributed by atoms with E-state index in [0.717, 1.165) is 0 Å². The Morgan fingerprint density at radius 3 is 1.06 bits per heavy atom. The molecule has 0 unspecified atom stereocenters. The van der Waals surface area contributed by atoms with Crippen molar-refractivity contribution in [2.24, 2.45) is 0 Å². The van der Waals surface area contributed by atoms with Gasteiger partial charge in [-0.2, -0.15) is 0 Å². The van der Waals surface area contributed by atoms with Crippen molar-refractivity contribution in [3.05, 3.63) is 0 Å². The van der Waals surface area contributed by atoms with Crippen LogP contribution in [0.2, 0.25) is 37.3 Å². The van der Waals surface area contributed by atoms with Crippen molar-refractivity contribution >= 4 is 13.3 Å². The Hall–Kier alpha value is 0.486. The first-order valence-electron chi connectivity index (χ1n) is 5.99. The molecule has 4 nitrogen and oxygen atoms in total. The monoisotopic (exact) mass is 320 g/mol. The van der Waals surface area contributed by atoms with Crippen LogP contribution in [0.15, 0.2) is 0 Å². The maximum absolute atomic E-state index is 13.0. The molecular formula is C10H28CrO4Si2. The van der Waals surface area contributed by atoms with E-state index in [4.69, 9.17) is 0 Å². The van der Waals surface area contributed by atoms with Crippen LogP contribution >= 0.6 is 0 Å². The molecule has 0 bridgehead atoms. The second-order valence-corrected chi connectivity index (χ2v) is 38.4. The molecule has 106 valence electrons. The third kappa shape index (κ3) is 1.92. The second-order valence-electron chi connectivity index (χ2n) is 6.76. The fourth-order valence-electron chi connectivity index (χ4n) is 1.72. The zero-order valence-electron chi connectivity index (χ0n) is 12.3. The van der Waals surface area contributed by atoms with E-state index in [1.165, 1.54) is 0 Å². The fraction of sp³-hybridized carbons (Fsp3) is 1.00. The molecule has 0 saturated heterocycles. The minimum absolute atomic E-state index is 0.229. The van der Waals surface area contributed by atoms with Gasteiger partial charge in [-0.1, -0.05) is 0 Å². The SMILES string of the molecule is CC(C)[Si](C)(C)[Cr](=[O])(=[O])([OH])([OH])[Si](C)(C)C(C)C. The van der Waals surface area contributed by atoms with Gasteiger partial charge < -0.3 is 0 Å². The Morgan fingerprint density at radius 1 is 0.765 bits per heavy atom. The fourth-order valence-corrected chi connectivity index (χ4v) is 43.9. The Kier molecular flexibility index (Phi) is 3.63. The van der Waals surface area contributed by atoms with Gasteiger partial charge in [0, 0.05) is 0 Å². The van der Waals surface area contributed by atoms with Gasteiger partial charge in [-0.25, -0.2) is 0 Å².